The van der Waals surface area contributed by atoms with Crippen LogP contribution < -0.4 is 0 Å². The first-order valence-electron chi connectivity index (χ1n) is 7.72. The molecule has 0 spiro atoms. The van der Waals surface area contributed by atoms with Crippen molar-refractivity contribution < 1.29 is 13.2 Å². The minimum absolute atomic E-state index is 0.107. The molecule has 1 fully saturated rings. The molecule has 1 aromatic heterocycles. The molecule has 1 saturated heterocycles. The van der Waals surface area contributed by atoms with E-state index < -0.39 is 10.0 Å². The van der Waals surface area contributed by atoms with E-state index in [9.17, 15) is 8.42 Å². The first-order valence-corrected chi connectivity index (χ1v) is 9.16. The molecule has 5 nitrogen and oxygen atoms in total. The number of sulfonamides is 1. The van der Waals surface area contributed by atoms with Gasteiger partial charge < -0.3 is 4.74 Å². The van der Waals surface area contributed by atoms with Crippen molar-refractivity contribution in [2.75, 3.05) is 13.1 Å². The van der Waals surface area contributed by atoms with Crippen LogP contribution in [0, 0.1) is 0 Å². The second-order valence-electron chi connectivity index (χ2n) is 5.59. The second-order valence-corrected chi connectivity index (χ2v) is 7.53. The molecule has 0 radical (unpaired) electrons. The highest BCUT2D eigenvalue weighted by Crippen LogP contribution is 2.22. The fourth-order valence-corrected chi connectivity index (χ4v) is 4.11. The summed E-state index contributed by atoms with van der Waals surface area (Å²) in [5.74, 6) is 0. The van der Waals surface area contributed by atoms with Crippen LogP contribution in [0.4, 0.5) is 0 Å². The molecule has 1 aliphatic rings. The van der Waals surface area contributed by atoms with Gasteiger partial charge >= 0.3 is 0 Å². The van der Waals surface area contributed by atoms with Crippen molar-refractivity contribution >= 4 is 10.0 Å². The van der Waals surface area contributed by atoms with E-state index in [1.54, 1.807) is 18.3 Å². The Morgan fingerprint density at radius 1 is 1.09 bits per heavy atom. The van der Waals surface area contributed by atoms with Gasteiger partial charge in [0.2, 0.25) is 10.0 Å². The Hall–Kier alpha value is -1.76. The van der Waals surface area contributed by atoms with E-state index in [1.165, 1.54) is 10.5 Å². The fraction of sp³-hybridized carbons (Fsp3) is 0.353. The predicted octanol–water partition coefficient (Wildman–Crippen LogP) is 2.45. The van der Waals surface area contributed by atoms with Crippen molar-refractivity contribution in [1.29, 1.82) is 0 Å². The van der Waals surface area contributed by atoms with Crippen molar-refractivity contribution in [3.63, 3.8) is 0 Å². The summed E-state index contributed by atoms with van der Waals surface area (Å²) >= 11 is 0. The zero-order chi connectivity index (χ0) is 16.1. The minimum atomic E-state index is -3.44. The Morgan fingerprint density at radius 3 is 2.48 bits per heavy atom. The average Bonchev–Trinajstić information content (AvgIpc) is 2.62. The van der Waals surface area contributed by atoms with Gasteiger partial charge in [-0.25, -0.2) is 8.42 Å². The number of hydrogen-bond donors (Lipinski definition) is 0. The SMILES string of the molecule is O=S(=O)(c1cccnc1)N1CCC(OCc2ccccc2)CC1. The zero-order valence-electron chi connectivity index (χ0n) is 12.8. The molecule has 23 heavy (non-hydrogen) atoms. The first kappa shape index (κ1) is 16.1. The third-order valence-electron chi connectivity index (χ3n) is 4.00. The standard InChI is InChI=1S/C17H20N2O3S/c20-23(21,17-7-4-10-18-13-17)19-11-8-16(9-12-19)22-14-15-5-2-1-3-6-15/h1-7,10,13,16H,8-9,11-12,14H2. The van der Waals surface area contributed by atoms with Gasteiger partial charge in [-0.1, -0.05) is 30.3 Å². The van der Waals surface area contributed by atoms with Gasteiger partial charge in [-0.2, -0.15) is 4.31 Å². The number of nitrogens with zero attached hydrogens (tertiary/aromatic N) is 2. The molecule has 0 aliphatic carbocycles. The van der Waals surface area contributed by atoms with E-state index in [0.29, 0.717) is 32.5 Å². The molecule has 1 aromatic carbocycles. The lowest BCUT2D eigenvalue weighted by Gasteiger charge is -2.31. The van der Waals surface area contributed by atoms with E-state index in [1.807, 2.05) is 30.3 Å². The highest BCUT2D eigenvalue weighted by molar-refractivity contribution is 7.89. The van der Waals surface area contributed by atoms with E-state index in [4.69, 9.17) is 4.74 Å². The molecule has 3 rings (SSSR count). The molecule has 0 N–H and O–H groups in total. The molecule has 0 amide bonds. The Kier molecular flexibility index (Phi) is 5.05. The van der Waals surface area contributed by atoms with E-state index >= 15 is 0 Å². The Labute approximate surface area is 137 Å². The minimum Gasteiger partial charge on any atom is -0.373 e. The molecule has 0 saturated carbocycles. The molecule has 0 unspecified atom stereocenters. The summed E-state index contributed by atoms with van der Waals surface area (Å²) in [6.45, 7) is 1.54. The third kappa shape index (κ3) is 3.96. The number of hydrogen-bond acceptors (Lipinski definition) is 4. The summed E-state index contributed by atoms with van der Waals surface area (Å²) in [5, 5.41) is 0. The molecule has 1 aliphatic heterocycles. The first-order chi connectivity index (χ1) is 11.2. The van der Waals surface area contributed by atoms with Crippen LogP contribution in [0.5, 0.6) is 0 Å². The number of benzene rings is 1. The van der Waals surface area contributed by atoms with Crippen LogP contribution in [0.15, 0.2) is 59.8 Å². The molecule has 0 bridgehead atoms. The number of ether oxygens (including phenoxy) is 1. The number of piperidine rings is 1. The monoisotopic (exact) mass is 332 g/mol. The van der Waals surface area contributed by atoms with Crippen molar-refractivity contribution in [2.45, 2.75) is 30.4 Å². The van der Waals surface area contributed by atoms with E-state index in [2.05, 4.69) is 4.98 Å². The van der Waals surface area contributed by atoms with Crippen LogP contribution in [0.3, 0.4) is 0 Å². The molecule has 2 aromatic rings. The van der Waals surface area contributed by atoms with Crippen molar-refractivity contribution in [2.24, 2.45) is 0 Å². The van der Waals surface area contributed by atoms with Crippen LogP contribution in [0.25, 0.3) is 0 Å². The van der Waals surface area contributed by atoms with Crippen LogP contribution in [0.1, 0.15) is 18.4 Å². The lowest BCUT2D eigenvalue weighted by molar-refractivity contribution is 0.0102. The van der Waals surface area contributed by atoms with Crippen molar-refractivity contribution in [3.05, 3.63) is 60.4 Å². The molecule has 122 valence electrons. The molecule has 2 heterocycles. The number of rotatable bonds is 5. The highest BCUT2D eigenvalue weighted by atomic mass is 32.2. The normalized spacial score (nSPS) is 17.2. The Balaban J connectivity index is 1.54. The molecule has 0 atom stereocenters. The number of aromatic nitrogens is 1. The summed E-state index contributed by atoms with van der Waals surface area (Å²) in [4.78, 5) is 4.15. The zero-order valence-corrected chi connectivity index (χ0v) is 13.7. The quantitative estimate of drug-likeness (QED) is 0.844. The van der Waals surface area contributed by atoms with Crippen molar-refractivity contribution in [1.82, 2.24) is 9.29 Å². The summed E-state index contributed by atoms with van der Waals surface area (Å²) in [6.07, 6.45) is 4.50. The summed E-state index contributed by atoms with van der Waals surface area (Å²) in [5.41, 5.74) is 1.14. The average molecular weight is 332 g/mol. The topological polar surface area (TPSA) is 59.5 Å². The lowest BCUT2D eigenvalue weighted by atomic mass is 10.1. The number of pyridine rings is 1. The maximum absolute atomic E-state index is 12.5. The Morgan fingerprint density at radius 2 is 1.83 bits per heavy atom. The lowest BCUT2D eigenvalue weighted by Crippen LogP contribution is -2.40. The molecular weight excluding hydrogens is 312 g/mol. The van der Waals surface area contributed by atoms with Gasteiger partial charge in [0.05, 0.1) is 12.7 Å². The predicted molar refractivity (Wildman–Crippen MR) is 87.2 cm³/mol. The van der Waals surface area contributed by atoms with E-state index in [-0.39, 0.29) is 11.0 Å². The highest BCUT2D eigenvalue weighted by Gasteiger charge is 2.29. The Bertz CT molecular complexity index is 712. The van der Waals surface area contributed by atoms with Crippen LogP contribution in [-0.2, 0) is 21.4 Å². The largest absolute Gasteiger partial charge is 0.373 e. The molecular formula is C17H20N2O3S. The van der Waals surface area contributed by atoms with Gasteiger partial charge in [0.15, 0.2) is 0 Å². The van der Waals surface area contributed by atoms with Crippen LogP contribution in [-0.4, -0.2) is 36.9 Å². The van der Waals surface area contributed by atoms with Gasteiger partial charge in [0.1, 0.15) is 4.90 Å². The smallest absolute Gasteiger partial charge is 0.244 e. The van der Waals surface area contributed by atoms with Crippen LogP contribution in [0.2, 0.25) is 0 Å². The maximum Gasteiger partial charge on any atom is 0.244 e. The van der Waals surface area contributed by atoms with Gasteiger partial charge in [0, 0.05) is 25.5 Å². The summed E-state index contributed by atoms with van der Waals surface area (Å²) < 4.78 is 32.5. The van der Waals surface area contributed by atoms with Gasteiger partial charge in [-0.15, -0.1) is 0 Å². The van der Waals surface area contributed by atoms with Crippen molar-refractivity contribution in [3.8, 4) is 0 Å². The maximum atomic E-state index is 12.5. The second kappa shape index (κ2) is 7.21. The van der Waals surface area contributed by atoms with Crippen LogP contribution >= 0.6 is 0 Å². The molecule has 6 heteroatoms. The third-order valence-corrected chi connectivity index (χ3v) is 5.88. The van der Waals surface area contributed by atoms with Gasteiger partial charge in [0.25, 0.3) is 0 Å². The van der Waals surface area contributed by atoms with Gasteiger partial charge in [-0.3, -0.25) is 4.98 Å². The fourth-order valence-electron chi connectivity index (χ4n) is 2.68. The van der Waals surface area contributed by atoms with Gasteiger partial charge in [-0.05, 0) is 30.5 Å². The summed E-state index contributed by atoms with van der Waals surface area (Å²) in [6, 6.07) is 13.2. The van der Waals surface area contributed by atoms with E-state index in [0.717, 1.165) is 5.56 Å². The summed E-state index contributed by atoms with van der Waals surface area (Å²) in [7, 11) is -3.44.